The molecule has 0 unspecified atom stereocenters. The van der Waals surface area contributed by atoms with E-state index in [4.69, 9.17) is 19.8 Å². The van der Waals surface area contributed by atoms with Crippen molar-refractivity contribution in [2.45, 2.75) is 26.2 Å². The molecule has 0 aliphatic carbocycles. The van der Waals surface area contributed by atoms with Gasteiger partial charge in [-0.15, -0.1) is 0 Å². The van der Waals surface area contributed by atoms with Gasteiger partial charge in [0.15, 0.2) is 0 Å². The molecule has 2 N–H and O–H groups in total. The Labute approximate surface area is 186 Å². The Hall–Kier alpha value is -2.78. The fourth-order valence-electron chi connectivity index (χ4n) is 1.59. The fraction of sp³-hybridized carbons (Fsp3) is 0.222. The molecule has 31 heavy (non-hydrogen) atoms. The van der Waals surface area contributed by atoms with Crippen LogP contribution in [-0.4, -0.2) is 45.7 Å². The third-order valence-electron chi connectivity index (χ3n) is 2.94. The summed E-state index contributed by atoms with van der Waals surface area (Å²) in [6.07, 6.45) is -6.60. The first-order valence-electron chi connectivity index (χ1n) is 7.77. The predicted molar refractivity (Wildman–Crippen MR) is 94.8 cm³/mol. The summed E-state index contributed by atoms with van der Waals surface area (Å²) < 4.78 is 63.5. The molecule has 0 bridgehead atoms. The van der Waals surface area contributed by atoms with Crippen molar-refractivity contribution in [2.24, 2.45) is 4.99 Å². The molecular formula is C18H16F6N2O4Pd. The van der Waals surface area contributed by atoms with E-state index < -0.39 is 24.3 Å². The van der Waals surface area contributed by atoms with Crippen LogP contribution in [0.25, 0.3) is 0 Å². The third-order valence-corrected chi connectivity index (χ3v) is 2.94. The van der Waals surface area contributed by atoms with Gasteiger partial charge in [-0.05, 0) is 37.1 Å². The number of carbonyl (C=O) groups is 2. The van der Waals surface area contributed by atoms with E-state index in [-0.39, 0.29) is 20.4 Å². The van der Waals surface area contributed by atoms with Crippen molar-refractivity contribution in [3.05, 3.63) is 59.4 Å². The van der Waals surface area contributed by atoms with Gasteiger partial charge in [0, 0.05) is 26.6 Å². The zero-order chi connectivity index (χ0) is 23.5. The average Bonchev–Trinajstić information content (AvgIpc) is 2.61. The maximum Gasteiger partial charge on any atom is 0.490 e. The number of carboxylic acids is 2. The molecule has 1 aromatic carbocycles. The van der Waals surface area contributed by atoms with E-state index in [1.165, 1.54) is 11.1 Å². The Morgan fingerprint density at radius 1 is 0.871 bits per heavy atom. The number of hydrogen-bond acceptors (Lipinski definition) is 4. The molecule has 0 aliphatic rings. The summed E-state index contributed by atoms with van der Waals surface area (Å²) in [5.74, 6) is -5.51. The predicted octanol–water partition coefficient (Wildman–Crippen LogP) is 4.71. The van der Waals surface area contributed by atoms with Gasteiger partial charge in [0.1, 0.15) is 0 Å². The van der Waals surface area contributed by atoms with Crippen molar-refractivity contribution in [1.82, 2.24) is 4.98 Å². The van der Waals surface area contributed by atoms with E-state index in [1.807, 2.05) is 24.3 Å². The number of aliphatic carboxylic acids is 2. The molecule has 1 heterocycles. The van der Waals surface area contributed by atoms with Crippen LogP contribution >= 0.6 is 0 Å². The third kappa shape index (κ3) is 13.2. The quantitative estimate of drug-likeness (QED) is 0.324. The van der Waals surface area contributed by atoms with Crippen molar-refractivity contribution < 1.29 is 66.6 Å². The van der Waals surface area contributed by atoms with E-state index in [2.05, 4.69) is 36.0 Å². The second kappa shape index (κ2) is 13.5. The number of aromatic nitrogens is 1. The normalized spacial score (nSPS) is 10.7. The van der Waals surface area contributed by atoms with Gasteiger partial charge in [-0.3, -0.25) is 9.98 Å². The topological polar surface area (TPSA) is 99.9 Å². The van der Waals surface area contributed by atoms with Crippen LogP contribution in [0.3, 0.4) is 0 Å². The van der Waals surface area contributed by atoms with Gasteiger partial charge in [0.25, 0.3) is 0 Å². The van der Waals surface area contributed by atoms with Crippen LogP contribution < -0.4 is 0 Å². The SMILES string of the molecule is Cc1cccc(C)c1N=Cc1ccccn1.O=C(O)C(F)(F)F.O=C(O)C(F)(F)F.[Pd]. The van der Waals surface area contributed by atoms with E-state index in [0.29, 0.717) is 0 Å². The number of pyridine rings is 1. The molecule has 1 aromatic heterocycles. The molecule has 0 atom stereocenters. The van der Waals surface area contributed by atoms with Crippen LogP contribution in [0.4, 0.5) is 32.0 Å². The summed E-state index contributed by atoms with van der Waals surface area (Å²) in [6.45, 7) is 4.14. The standard InChI is InChI=1S/C14H14N2.2C2HF3O2.Pd/c1-11-6-5-7-12(2)14(11)16-10-13-8-3-4-9-15-13;2*3-2(4,5)1(6)7;/h3-10H,1-2H3;2*(H,6,7);. The number of benzene rings is 1. The number of alkyl halides is 6. The first kappa shape index (κ1) is 30.4. The van der Waals surface area contributed by atoms with Gasteiger partial charge in [0.2, 0.25) is 0 Å². The van der Waals surface area contributed by atoms with Gasteiger partial charge in [0.05, 0.1) is 17.6 Å². The molecule has 2 rings (SSSR count). The van der Waals surface area contributed by atoms with Crippen molar-refractivity contribution in [1.29, 1.82) is 0 Å². The second-order valence-corrected chi connectivity index (χ2v) is 5.36. The van der Waals surface area contributed by atoms with Crippen molar-refractivity contribution in [3.8, 4) is 0 Å². The van der Waals surface area contributed by atoms with Crippen molar-refractivity contribution in [3.63, 3.8) is 0 Å². The number of rotatable bonds is 2. The van der Waals surface area contributed by atoms with Gasteiger partial charge in [-0.2, -0.15) is 26.3 Å². The zero-order valence-electron chi connectivity index (χ0n) is 15.8. The van der Waals surface area contributed by atoms with E-state index >= 15 is 0 Å². The fourth-order valence-corrected chi connectivity index (χ4v) is 1.59. The first-order valence-corrected chi connectivity index (χ1v) is 7.77. The van der Waals surface area contributed by atoms with Crippen LogP contribution in [0.5, 0.6) is 0 Å². The first-order chi connectivity index (χ1) is 13.7. The number of nitrogens with zero attached hydrogens (tertiary/aromatic N) is 2. The van der Waals surface area contributed by atoms with Crippen molar-refractivity contribution >= 4 is 23.8 Å². The maximum atomic E-state index is 10.6. The number of hydrogen-bond donors (Lipinski definition) is 2. The maximum absolute atomic E-state index is 10.6. The van der Waals surface area contributed by atoms with Gasteiger partial charge in [-0.25, -0.2) is 9.59 Å². The van der Waals surface area contributed by atoms with Crippen LogP contribution in [0.2, 0.25) is 0 Å². The molecule has 174 valence electrons. The molecule has 0 spiro atoms. The number of aliphatic imine (C=N–C) groups is 1. The molecule has 13 heteroatoms. The summed E-state index contributed by atoms with van der Waals surface area (Å²) in [4.78, 5) is 26.5. The summed E-state index contributed by atoms with van der Waals surface area (Å²) in [6, 6.07) is 12.0. The number of aryl methyl sites for hydroxylation is 2. The zero-order valence-corrected chi connectivity index (χ0v) is 17.4. The molecule has 0 fully saturated rings. The van der Waals surface area contributed by atoms with Gasteiger partial charge in [-0.1, -0.05) is 24.3 Å². The largest absolute Gasteiger partial charge is 0.490 e. The van der Waals surface area contributed by atoms with Crippen LogP contribution in [-0.2, 0) is 30.0 Å². The van der Waals surface area contributed by atoms with E-state index in [1.54, 1.807) is 12.4 Å². The Kier molecular flexibility index (Phi) is 13.3. The molecule has 6 nitrogen and oxygen atoms in total. The van der Waals surface area contributed by atoms with E-state index in [0.717, 1.165) is 11.4 Å². The summed E-state index contributed by atoms with van der Waals surface area (Å²) in [5.41, 5.74) is 4.29. The average molecular weight is 545 g/mol. The van der Waals surface area contributed by atoms with Crippen molar-refractivity contribution in [2.75, 3.05) is 0 Å². The molecule has 2 aromatic rings. The van der Waals surface area contributed by atoms with Crippen LogP contribution in [0.1, 0.15) is 16.8 Å². The molecule has 0 saturated heterocycles. The summed E-state index contributed by atoms with van der Waals surface area (Å²) in [5, 5.41) is 14.2. The Balaban J connectivity index is 0. The van der Waals surface area contributed by atoms with Crippen LogP contribution in [0.15, 0.2) is 47.6 Å². The minimum atomic E-state index is -5.08. The van der Waals surface area contributed by atoms with E-state index in [9.17, 15) is 26.3 Å². The molecule has 0 amide bonds. The smallest absolute Gasteiger partial charge is 0.475 e. The Bertz CT molecular complexity index is 827. The van der Waals surface area contributed by atoms with Gasteiger partial charge >= 0.3 is 24.3 Å². The molecule has 0 saturated carbocycles. The Morgan fingerprint density at radius 3 is 1.61 bits per heavy atom. The number of halogens is 6. The monoisotopic (exact) mass is 544 g/mol. The molecule has 0 radical (unpaired) electrons. The summed E-state index contributed by atoms with van der Waals surface area (Å²) >= 11 is 0. The summed E-state index contributed by atoms with van der Waals surface area (Å²) in [7, 11) is 0. The Morgan fingerprint density at radius 2 is 1.29 bits per heavy atom. The van der Waals surface area contributed by atoms with Crippen LogP contribution in [0, 0.1) is 13.8 Å². The second-order valence-electron chi connectivity index (χ2n) is 5.36. The minimum Gasteiger partial charge on any atom is -0.475 e. The molecule has 0 aliphatic heterocycles. The number of para-hydroxylation sites is 1. The number of carboxylic acid groups (broad SMARTS) is 2. The van der Waals surface area contributed by atoms with Gasteiger partial charge < -0.3 is 10.2 Å². The molecular weight excluding hydrogens is 529 g/mol. The minimum absolute atomic E-state index is 0.